The van der Waals surface area contributed by atoms with Crippen molar-refractivity contribution in [2.45, 2.75) is 65.9 Å². The van der Waals surface area contributed by atoms with Gasteiger partial charge in [-0.15, -0.1) is 0 Å². The van der Waals surface area contributed by atoms with Crippen LogP contribution in [0.3, 0.4) is 0 Å². The van der Waals surface area contributed by atoms with Gasteiger partial charge >= 0.3 is 0 Å². The molecule has 3 aliphatic rings. The standard InChI is InChI=1S/C15H26O/c1-13(2)7-10-8-14(3)5-6-15(4,12(14)16)11(10)9-13/h10-12,16H,5-9H2,1-4H3/t10-,11-,12?,14-,15+/m0/s1. The van der Waals surface area contributed by atoms with E-state index >= 15 is 0 Å². The maximum Gasteiger partial charge on any atom is 0.0650 e. The largest absolute Gasteiger partial charge is 0.392 e. The van der Waals surface area contributed by atoms with Crippen LogP contribution in [0.1, 0.15) is 59.8 Å². The van der Waals surface area contributed by atoms with Gasteiger partial charge < -0.3 is 5.11 Å². The fraction of sp³-hybridized carbons (Fsp3) is 1.00. The minimum atomic E-state index is -0.0462. The predicted octanol–water partition coefficient (Wildman–Crippen LogP) is 3.61. The molecule has 0 aromatic carbocycles. The minimum Gasteiger partial charge on any atom is -0.392 e. The van der Waals surface area contributed by atoms with E-state index in [2.05, 4.69) is 27.7 Å². The molecule has 0 saturated heterocycles. The quantitative estimate of drug-likeness (QED) is 0.664. The molecule has 0 spiro atoms. The summed E-state index contributed by atoms with van der Waals surface area (Å²) in [5, 5.41) is 10.6. The summed E-state index contributed by atoms with van der Waals surface area (Å²) in [5.41, 5.74) is 0.973. The first kappa shape index (κ1) is 11.1. The molecular weight excluding hydrogens is 196 g/mol. The number of aliphatic hydroxyl groups excluding tert-OH is 1. The predicted molar refractivity (Wildman–Crippen MR) is 66.1 cm³/mol. The van der Waals surface area contributed by atoms with Gasteiger partial charge in [-0.2, -0.15) is 0 Å². The summed E-state index contributed by atoms with van der Waals surface area (Å²) in [4.78, 5) is 0. The zero-order valence-corrected chi connectivity index (χ0v) is 11.2. The monoisotopic (exact) mass is 222 g/mol. The van der Waals surface area contributed by atoms with Gasteiger partial charge in [-0.05, 0) is 60.2 Å². The normalized spacial score (nSPS) is 58.7. The fourth-order valence-electron chi connectivity index (χ4n) is 5.51. The van der Waals surface area contributed by atoms with E-state index in [4.69, 9.17) is 0 Å². The Morgan fingerprint density at radius 3 is 2.31 bits per heavy atom. The Balaban J connectivity index is 1.98. The Labute approximate surface area is 99.6 Å². The first-order chi connectivity index (χ1) is 7.27. The number of aliphatic hydroxyl groups is 1. The molecule has 92 valence electrons. The van der Waals surface area contributed by atoms with Gasteiger partial charge in [0.1, 0.15) is 0 Å². The van der Waals surface area contributed by atoms with Crippen LogP contribution >= 0.6 is 0 Å². The number of fused-ring (bicyclic) bond motifs is 4. The third-order valence-electron chi connectivity index (χ3n) is 6.25. The Kier molecular flexibility index (Phi) is 1.98. The lowest BCUT2D eigenvalue weighted by atomic mass is 9.59. The second-order valence-electron chi connectivity index (χ2n) is 8.21. The molecule has 5 atom stereocenters. The van der Waals surface area contributed by atoms with Crippen LogP contribution in [0.4, 0.5) is 0 Å². The van der Waals surface area contributed by atoms with Crippen molar-refractivity contribution < 1.29 is 5.11 Å². The Morgan fingerprint density at radius 1 is 0.938 bits per heavy atom. The fourth-order valence-corrected chi connectivity index (χ4v) is 5.51. The molecule has 1 unspecified atom stereocenters. The Morgan fingerprint density at radius 2 is 1.62 bits per heavy atom. The zero-order chi connectivity index (χ0) is 11.8. The van der Waals surface area contributed by atoms with Crippen molar-refractivity contribution in [3.05, 3.63) is 0 Å². The molecule has 1 nitrogen and oxygen atoms in total. The van der Waals surface area contributed by atoms with Crippen LogP contribution in [0.5, 0.6) is 0 Å². The van der Waals surface area contributed by atoms with Crippen LogP contribution < -0.4 is 0 Å². The number of hydrogen-bond donors (Lipinski definition) is 1. The van der Waals surface area contributed by atoms with Crippen molar-refractivity contribution in [1.29, 1.82) is 0 Å². The highest BCUT2D eigenvalue weighted by molar-refractivity contribution is 5.13. The maximum atomic E-state index is 10.6. The molecule has 3 saturated carbocycles. The molecule has 2 bridgehead atoms. The van der Waals surface area contributed by atoms with E-state index in [1.807, 2.05) is 0 Å². The highest BCUT2D eigenvalue weighted by Crippen LogP contribution is 2.68. The summed E-state index contributed by atoms with van der Waals surface area (Å²) in [6, 6.07) is 0. The summed E-state index contributed by atoms with van der Waals surface area (Å²) in [6.07, 6.45) is 6.45. The topological polar surface area (TPSA) is 20.2 Å². The Bertz CT molecular complexity index is 321. The lowest BCUT2D eigenvalue weighted by Gasteiger charge is -2.48. The molecule has 0 aliphatic heterocycles. The molecule has 0 aromatic rings. The van der Waals surface area contributed by atoms with Crippen molar-refractivity contribution in [2.24, 2.45) is 28.1 Å². The van der Waals surface area contributed by atoms with Crippen LogP contribution in [-0.2, 0) is 0 Å². The van der Waals surface area contributed by atoms with Gasteiger partial charge in [0.15, 0.2) is 0 Å². The van der Waals surface area contributed by atoms with Crippen molar-refractivity contribution >= 4 is 0 Å². The highest BCUT2D eigenvalue weighted by Gasteiger charge is 2.63. The molecular formula is C15H26O. The van der Waals surface area contributed by atoms with Crippen LogP contribution in [-0.4, -0.2) is 11.2 Å². The molecule has 16 heavy (non-hydrogen) atoms. The molecule has 0 amide bonds. The number of hydrogen-bond acceptors (Lipinski definition) is 1. The SMILES string of the molecule is CC1(C)C[C@H]2C[C@]3(C)CC[C@@](C)(C3O)[C@H]2C1. The molecule has 3 rings (SSSR count). The Hall–Kier alpha value is -0.0400. The number of rotatable bonds is 0. The third kappa shape index (κ3) is 1.21. The van der Waals surface area contributed by atoms with Crippen LogP contribution in [0.2, 0.25) is 0 Å². The first-order valence-electron chi connectivity index (χ1n) is 6.95. The minimum absolute atomic E-state index is 0.0462. The van der Waals surface area contributed by atoms with Gasteiger partial charge in [-0.3, -0.25) is 0 Å². The molecule has 1 N–H and O–H groups in total. The van der Waals surface area contributed by atoms with Gasteiger partial charge in [-0.25, -0.2) is 0 Å². The lowest BCUT2D eigenvalue weighted by Crippen LogP contribution is -2.48. The molecule has 0 aromatic heterocycles. The van der Waals surface area contributed by atoms with Gasteiger partial charge in [-0.1, -0.05) is 27.7 Å². The summed E-state index contributed by atoms with van der Waals surface area (Å²) in [6.45, 7) is 9.51. The smallest absolute Gasteiger partial charge is 0.0650 e. The third-order valence-corrected chi connectivity index (χ3v) is 6.25. The lowest BCUT2D eigenvalue weighted by molar-refractivity contribution is -0.0933. The summed E-state index contributed by atoms with van der Waals surface area (Å²) in [5.74, 6) is 1.67. The molecule has 3 aliphatic carbocycles. The average Bonchev–Trinajstić information content (AvgIpc) is 2.54. The van der Waals surface area contributed by atoms with E-state index < -0.39 is 0 Å². The van der Waals surface area contributed by atoms with E-state index in [9.17, 15) is 5.11 Å². The average molecular weight is 222 g/mol. The highest BCUT2D eigenvalue weighted by atomic mass is 16.3. The van der Waals surface area contributed by atoms with E-state index in [0.717, 1.165) is 11.8 Å². The van der Waals surface area contributed by atoms with E-state index in [0.29, 0.717) is 5.41 Å². The van der Waals surface area contributed by atoms with Gasteiger partial charge in [0, 0.05) is 0 Å². The van der Waals surface area contributed by atoms with Gasteiger partial charge in [0.05, 0.1) is 6.10 Å². The van der Waals surface area contributed by atoms with E-state index in [1.165, 1.54) is 32.1 Å². The van der Waals surface area contributed by atoms with E-state index in [-0.39, 0.29) is 16.9 Å². The van der Waals surface area contributed by atoms with Crippen molar-refractivity contribution in [1.82, 2.24) is 0 Å². The van der Waals surface area contributed by atoms with Crippen molar-refractivity contribution in [3.63, 3.8) is 0 Å². The van der Waals surface area contributed by atoms with Crippen molar-refractivity contribution in [2.75, 3.05) is 0 Å². The van der Waals surface area contributed by atoms with Gasteiger partial charge in [0.2, 0.25) is 0 Å². The molecule has 0 heterocycles. The second-order valence-corrected chi connectivity index (χ2v) is 8.21. The molecule has 1 heteroatoms. The summed E-state index contributed by atoms with van der Waals surface area (Å²) in [7, 11) is 0. The molecule has 3 fully saturated rings. The van der Waals surface area contributed by atoms with Crippen molar-refractivity contribution in [3.8, 4) is 0 Å². The summed E-state index contributed by atoms with van der Waals surface area (Å²) < 4.78 is 0. The van der Waals surface area contributed by atoms with Gasteiger partial charge in [0.25, 0.3) is 0 Å². The van der Waals surface area contributed by atoms with Crippen LogP contribution in [0, 0.1) is 28.1 Å². The zero-order valence-electron chi connectivity index (χ0n) is 11.2. The maximum absolute atomic E-state index is 10.6. The first-order valence-corrected chi connectivity index (χ1v) is 6.95. The molecule has 0 radical (unpaired) electrons. The second kappa shape index (κ2) is 2.85. The van der Waals surface area contributed by atoms with Crippen LogP contribution in [0.25, 0.3) is 0 Å². The van der Waals surface area contributed by atoms with Crippen LogP contribution in [0.15, 0.2) is 0 Å². The van der Waals surface area contributed by atoms with E-state index in [1.54, 1.807) is 0 Å². The summed E-state index contributed by atoms with van der Waals surface area (Å²) >= 11 is 0.